The van der Waals surface area contributed by atoms with Crippen molar-refractivity contribution in [3.63, 3.8) is 0 Å². The Bertz CT molecular complexity index is 1190. The number of methoxy groups -OCH3 is 2. The van der Waals surface area contributed by atoms with Crippen LogP contribution in [0.1, 0.15) is 16.7 Å². The Hall–Kier alpha value is -3.11. The zero-order valence-corrected chi connectivity index (χ0v) is 21.6. The Morgan fingerprint density at radius 2 is 1.56 bits per heavy atom. The van der Waals surface area contributed by atoms with Crippen LogP contribution in [-0.4, -0.2) is 40.5 Å². The molecule has 0 aromatic heterocycles. The van der Waals surface area contributed by atoms with Crippen LogP contribution in [0.25, 0.3) is 6.08 Å². The fourth-order valence-corrected chi connectivity index (χ4v) is 6.54. The highest BCUT2D eigenvalue weighted by Gasteiger charge is 2.67. The molecule has 1 saturated heterocycles. The van der Waals surface area contributed by atoms with Gasteiger partial charge in [-0.15, -0.1) is 0 Å². The lowest BCUT2D eigenvalue weighted by molar-refractivity contribution is -0.163. The summed E-state index contributed by atoms with van der Waals surface area (Å²) in [6.07, 6.45) is -0.877. The quantitative estimate of drug-likeness (QED) is 0.400. The topological polar surface area (TPSA) is 65.1 Å². The van der Waals surface area contributed by atoms with Gasteiger partial charge in [-0.2, -0.15) is 13.2 Å². The van der Waals surface area contributed by atoms with Gasteiger partial charge < -0.3 is 18.8 Å². The van der Waals surface area contributed by atoms with Crippen LogP contribution >= 0.6 is 0 Å². The van der Waals surface area contributed by atoms with E-state index in [1.807, 2.05) is 54.9 Å². The van der Waals surface area contributed by atoms with Crippen LogP contribution in [0.5, 0.6) is 0 Å². The summed E-state index contributed by atoms with van der Waals surface area (Å²) in [5.41, 5.74) is -0.648. The van der Waals surface area contributed by atoms with Crippen molar-refractivity contribution in [1.29, 1.82) is 0 Å². The van der Waals surface area contributed by atoms with E-state index >= 15 is 0 Å². The molecule has 4 rings (SSSR count). The lowest BCUT2D eigenvalue weighted by Gasteiger charge is -2.48. The van der Waals surface area contributed by atoms with Crippen LogP contribution in [0.15, 0.2) is 54.6 Å². The third kappa shape index (κ3) is 4.22. The Balaban J connectivity index is 2.08. The first-order valence-corrected chi connectivity index (χ1v) is 14.9. The van der Waals surface area contributed by atoms with E-state index in [-0.39, 0.29) is 0 Å². The highest BCUT2D eigenvalue weighted by atomic mass is 28.4. The van der Waals surface area contributed by atoms with Gasteiger partial charge in [0.2, 0.25) is 0 Å². The summed E-state index contributed by atoms with van der Waals surface area (Å²) in [7, 11) is -0.101. The van der Waals surface area contributed by atoms with Crippen LogP contribution in [0.3, 0.4) is 0 Å². The molecule has 0 aliphatic carbocycles. The second kappa shape index (κ2) is 9.08. The molecular weight excluding hydrogens is 491 g/mol. The number of halogens is 3. The molecule has 0 saturated carbocycles. The van der Waals surface area contributed by atoms with E-state index in [0.29, 0.717) is 11.3 Å². The second-order valence-corrected chi connectivity index (χ2v) is 14.2. The molecule has 2 heterocycles. The fourth-order valence-electron chi connectivity index (χ4n) is 5.27. The molecule has 0 spiro atoms. The Morgan fingerprint density at radius 3 is 2.11 bits per heavy atom. The van der Waals surface area contributed by atoms with Crippen LogP contribution in [-0.2, 0) is 35.4 Å². The number of rotatable bonds is 5. The second-order valence-electron chi connectivity index (χ2n) is 9.81. The van der Waals surface area contributed by atoms with E-state index in [9.17, 15) is 22.8 Å². The largest absolute Gasteiger partial charge is 0.469 e. The van der Waals surface area contributed by atoms with E-state index in [1.54, 1.807) is 6.08 Å². The lowest BCUT2D eigenvalue weighted by Crippen LogP contribution is -2.56. The summed E-state index contributed by atoms with van der Waals surface area (Å²) in [4.78, 5) is 28.5. The summed E-state index contributed by atoms with van der Waals surface area (Å²) >= 11 is 0. The molecule has 0 radical (unpaired) electrons. The zero-order chi connectivity index (χ0) is 26.5. The molecule has 0 bridgehead atoms. The van der Waals surface area contributed by atoms with E-state index in [4.69, 9.17) is 13.9 Å². The summed E-state index contributed by atoms with van der Waals surface area (Å²) in [5.74, 6) is -3.62. The minimum absolute atomic E-state index is 0.315. The van der Waals surface area contributed by atoms with Crippen molar-refractivity contribution in [3.8, 4) is 0 Å². The fraction of sp³-hybridized carbons (Fsp3) is 0.385. The molecule has 4 unspecified atom stereocenters. The van der Waals surface area contributed by atoms with E-state index in [2.05, 4.69) is 0 Å². The molecule has 6 nitrogen and oxygen atoms in total. The van der Waals surface area contributed by atoms with Crippen LogP contribution in [0.4, 0.5) is 18.9 Å². The predicted octanol–water partition coefficient (Wildman–Crippen LogP) is 5.20. The van der Waals surface area contributed by atoms with Gasteiger partial charge in [0, 0.05) is 11.3 Å². The van der Waals surface area contributed by atoms with Crippen molar-refractivity contribution < 1.29 is 36.7 Å². The average Bonchev–Trinajstić information content (AvgIpc) is 3.12. The van der Waals surface area contributed by atoms with Gasteiger partial charge in [0.25, 0.3) is 0 Å². The summed E-state index contributed by atoms with van der Waals surface area (Å²) < 4.78 is 57.4. The third-order valence-corrected chi connectivity index (χ3v) is 7.41. The number of hydrogen-bond acceptors (Lipinski definition) is 6. The molecule has 2 aromatic carbocycles. The molecule has 10 heteroatoms. The van der Waals surface area contributed by atoms with Gasteiger partial charge in [-0.25, -0.2) is 0 Å². The van der Waals surface area contributed by atoms with E-state index in [0.717, 1.165) is 17.7 Å². The lowest BCUT2D eigenvalue weighted by atomic mass is 9.81. The predicted molar refractivity (Wildman–Crippen MR) is 130 cm³/mol. The van der Waals surface area contributed by atoms with Gasteiger partial charge >= 0.3 is 18.1 Å². The van der Waals surface area contributed by atoms with Gasteiger partial charge in [-0.1, -0.05) is 42.5 Å². The number of ether oxygens (including phenoxy) is 2. The Morgan fingerprint density at radius 1 is 0.944 bits per heavy atom. The molecule has 2 aromatic rings. The molecular formula is C26H28F3NO5Si. The molecule has 2 aliphatic heterocycles. The minimum Gasteiger partial charge on any atom is -0.469 e. The number of carbonyl (C=O) groups is 2. The molecule has 192 valence electrons. The number of benzene rings is 2. The summed E-state index contributed by atoms with van der Waals surface area (Å²) in [5, 5.41) is 0. The first-order valence-electron chi connectivity index (χ1n) is 11.5. The van der Waals surface area contributed by atoms with Gasteiger partial charge in [0.15, 0.2) is 14.0 Å². The summed E-state index contributed by atoms with van der Waals surface area (Å²) in [6.45, 7) is 5.75. The SMILES string of the molecule is COC(=O)C1C2C=Cc3ccccc3N2C(O[Si](C)(C)C)(c2ccc(C(F)(F)F)cc2)C1C(=O)OC. The van der Waals surface area contributed by atoms with Crippen molar-refractivity contribution in [2.24, 2.45) is 11.8 Å². The molecule has 4 atom stereocenters. The molecule has 2 aliphatic rings. The van der Waals surface area contributed by atoms with Crippen LogP contribution in [0, 0.1) is 11.8 Å². The maximum absolute atomic E-state index is 13.5. The number of nitrogens with zero attached hydrogens (tertiary/aromatic N) is 1. The number of carbonyl (C=O) groups excluding carboxylic acids is 2. The molecule has 0 N–H and O–H groups in total. The highest BCUT2D eigenvalue weighted by Crippen LogP contribution is 2.57. The van der Waals surface area contributed by atoms with Crippen molar-refractivity contribution in [2.75, 3.05) is 19.1 Å². The number of fused-ring (bicyclic) bond motifs is 3. The van der Waals surface area contributed by atoms with Crippen molar-refractivity contribution in [3.05, 3.63) is 71.3 Å². The number of esters is 2. The molecule has 1 fully saturated rings. The third-order valence-electron chi connectivity index (χ3n) is 6.49. The molecule has 0 amide bonds. The van der Waals surface area contributed by atoms with E-state index < -0.39 is 55.6 Å². The highest BCUT2D eigenvalue weighted by molar-refractivity contribution is 6.69. The zero-order valence-electron chi connectivity index (χ0n) is 20.6. The van der Waals surface area contributed by atoms with Gasteiger partial charge in [-0.05, 0) is 43.4 Å². The van der Waals surface area contributed by atoms with Crippen LogP contribution < -0.4 is 4.90 Å². The maximum atomic E-state index is 13.5. The first-order chi connectivity index (χ1) is 16.8. The summed E-state index contributed by atoms with van der Waals surface area (Å²) in [6, 6.07) is 11.3. The van der Waals surface area contributed by atoms with Gasteiger partial charge in [0.05, 0.1) is 31.7 Å². The van der Waals surface area contributed by atoms with Gasteiger partial charge in [-0.3, -0.25) is 9.59 Å². The van der Waals surface area contributed by atoms with Gasteiger partial charge in [0.1, 0.15) is 5.92 Å². The van der Waals surface area contributed by atoms with Crippen molar-refractivity contribution in [1.82, 2.24) is 0 Å². The van der Waals surface area contributed by atoms with Crippen molar-refractivity contribution in [2.45, 2.75) is 37.6 Å². The Labute approximate surface area is 208 Å². The number of para-hydroxylation sites is 1. The standard InChI is InChI=1S/C26H28F3NO5Si/c1-33-23(31)21-20-15-10-16-8-6-7-9-19(16)30(20)25(35-36(3,4)5,22(21)24(32)34-2)17-11-13-18(14-12-17)26(27,28)29/h6-15,20-22H,1-5H3. The number of hydrogen-bond donors (Lipinski definition) is 0. The number of alkyl halides is 3. The monoisotopic (exact) mass is 519 g/mol. The smallest absolute Gasteiger partial charge is 0.416 e. The number of anilines is 1. The minimum atomic E-state index is -4.54. The van der Waals surface area contributed by atoms with Crippen LogP contribution in [0.2, 0.25) is 19.6 Å². The average molecular weight is 520 g/mol. The maximum Gasteiger partial charge on any atom is 0.416 e. The Kier molecular flexibility index (Phi) is 6.55. The van der Waals surface area contributed by atoms with E-state index in [1.165, 1.54) is 26.4 Å². The first kappa shape index (κ1) is 26.0. The normalized spacial score (nSPS) is 25.2. The molecule has 36 heavy (non-hydrogen) atoms. The van der Waals surface area contributed by atoms with Crippen molar-refractivity contribution >= 4 is 32.0 Å².